The molecule has 0 saturated heterocycles. The molecule has 0 saturated carbocycles. The van der Waals surface area contributed by atoms with Crippen LogP contribution >= 0.6 is 0 Å². The van der Waals surface area contributed by atoms with Gasteiger partial charge < -0.3 is 5.32 Å². The molecule has 118 valence electrons. The van der Waals surface area contributed by atoms with Gasteiger partial charge >= 0.3 is 0 Å². The third-order valence-electron chi connectivity index (χ3n) is 2.51. The van der Waals surface area contributed by atoms with E-state index in [1.54, 1.807) is 6.92 Å². The van der Waals surface area contributed by atoms with E-state index in [4.69, 9.17) is 0 Å². The molecule has 0 aliphatic heterocycles. The fourth-order valence-corrected chi connectivity index (χ4v) is 3.30. The zero-order valence-electron chi connectivity index (χ0n) is 11.7. The molecule has 0 fully saturated rings. The molecule has 0 heterocycles. The molecule has 8 nitrogen and oxygen atoms in total. The SMILES string of the molecule is CCNc1cc([N+](=O)[O-])ccc1S(=O)(=O)NCCS(C)=O. The first kappa shape index (κ1) is 17.5. The van der Waals surface area contributed by atoms with Gasteiger partial charge in [-0.15, -0.1) is 0 Å². The van der Waals surface area contributed by atoms with Crippen molar-refractivity contribution in [1.82, 2.24) is 4.72 Å². The van der Waals surface area contributed by atoms with Gasteiger partial charge in [-0.05, 0) is 13.0 Å². The van der Waals surface area contributed by atoms with Gasteiger partial charge in [0, 0.05) is 48.0 Å². The van der Waals surface area contributed by atoms with Gasteiger partial charge in [0.2, 0.25) is 10.0 Å². The number of hydrogen-bond donors (Lipinski definition) is 2. The van der Waals surface area contributed by atoms with Crippen LogP contribution in [0.25, 0.3) is 0 Å². The van der Waals surface area contributed by atoms with E-state index in [-0.39, 0.29) is 28.6 Å². The molecule has 0 aliphatic carbocycles. The molecule has 2 N–H and O–H groups in total. The minimum absolute atomic E-state index is 0.0357. The fraction of sp³-hybridized carbons (Fsp3) is 0.455. The van der Waals surface area contributed by atoms with E-state index >= 15 is 0 Å². The highest BCUT2D eigenvalue weighted by molar-refractivity contribution is 7.89. The summed E-state index contributed by atoms with van der Waals surface area (Å²) in [5.74, 6) is 0.197. The third-order valence-corrected chi connectivity index (χ3v) is 4.81. The molecule has 0 aromatic heterocycles. The Morgan fingerprint density at radius 3 is 2.57 bits per heavy atom. The zero-order valence-corrected chi connectivity index (χ0v) is 13.3. The number of hydrogen-bond acceptors (Lipinski definition) is 6. The predicted octanol–water partition coefficient (Wildman–Crippen LogP) is 0.683. The van der Waals surface area contributed by atoms with Crippen LogP contribution in [0.1, 0.15) is 6.92 Å². The summed E-state index contributed by atoms with van der Waals surface area (Å²) in [4.78, 5) is 10.1. The Hall–Kier alpha value is -1.52. The van der Waals surface area contributed by atoms with Crippen LogP contribution in [0.4, 0.5) is 11.4 Å². The van der Waals surface area contributed by atoms with Gasteiger partial charge in [-0.2, -0.15) is 0 Å². The second kappa shape index (κ2) is 7.48. The second-order valence-electron chi connectivity index (χ2n) is 4.14. The number of nitro benzene ring substituents is 1. The van der Waals surface area contributed by atoms with Crippen LogP contribution in [0.15, 0.2) is 23.1 Å². The van der Waals surface area contributed by atoms with E-state index in [9.17, 15) is 22.7 Å². The van der Waals surface area contributed by atoms with Crippen LogP contribution in [-0.4, -0.2) is 42.6 Å². The van der Waals surface area contributed by atoms with Crippen LogP contribution in [0.5, 0.6) is 0 Å². The van der Waals surface area contributed by atoms with Gasteiger partial charge in [-0.25, -0.2) is 13.1 Å². The molecule has 10 heteroatoms. The lowest BCUT2D eigenvalue weighted by Gasteiger charge is -2.12. The Morgan fingerprint density at radius 2 is 2.05 bits per heavy atom. The largest absolute Gasteiger partial charge is 0.384 e. The average molecular weight is 335 g/mol. The number of non-ortho nitro benzene ring substituents is 1. The number of nitro groups is 1. The Balaban J connectivity index is 3.09. The van der Waals surface area contributed by atoms with Crippen molar-refractivity contribution in [3.63, 3.8) is 0 Å². The topological polar surface area (TPSA) is 118 Å². The number of nitrogens with one attached hydrogen (secondary N) is 2. The Labute approximate surface area is 125 Å². The van der Waals surface area contributed by atoms with Crippen LogP contribution in [0.3, 0.4) is 0 Å². The van der Waals surface area contributed by atoms with Crippen LogP contribution in [-0.2, 0) is 20.8 Å². The van der Waals surface area contributed by atoms with Gasteiger partial charge in [0.25, 0.3) is 5.69 Å². The maximum Gasteiger partial charge on any atom is 0.271 e. The predicted molar refractivity (Wildman–Crippen MR) is 81.4 cm³/mol. The first-order valence-electron chi connectivity index (χ1n) is 6.10. The number of nitrogens with zero attached hydrogens (tertiary/aromatic N) is 1. The summed E-state index contributed by atoms with van der Waals surface area (Å²) >= 11 is 0. The lowest BCUT2D eigenvalue weighted by Crippen LogP contribution is -2.28. The first-order valence-corrected chi connectivity index (χ1v) is 9.31. The van der Waals surface area contributed by atoms with Crippen molar-refractivity contribution in [3.8, 4) is 0 Å². The number of sulfonamides is 1. The normalized spacial score (nSPS) is 12.9. The van der Waals surface area contributed by atoms with Gasteiger partial charge in [-0.1, -0.05) is 0 Å². The van der Waals surface area contributed by atoms with Crippen molar-refractivity contribution in [2.45, 2.75) is 11.8 Å². The van der Waals surface area contributed by atoms with Gasteiger partial charge in [0.05, 0.1) is 10.6 Å². The maximum atomic E-state index is 12.2. The quantitative estimate of drug-likeness (QED) is 0.533. The van der Waals surface area contributed by atoms with Gasteiger partial charge in [0.1, 0.15) is 4.90 Å². The Bertz CT molecular complexity index is 645. The fourth-order valence-electron chi connectivity index (χ4n) is 1.59. The molecule has 1 unspecified atom stereocenters. The lowest BCUT2D eigenvalue weighted by atomic mass is 10.3. The molecule has 0 amide bonds. The highest BCUT2D eigenvalue weighted by atomic mass is 32.2. The molecule has 0 spiro atoms. The lowest BCUT2D eigenvalue weighted by molar-refractivity contribution is -0.384. The van der Waals surface area contributed by atoms with E-state index in [1.165, 1.54) is 18.4 Å². The van der Waals surface area contributed by atoms with Crippen LogP contribution in [0.2, 0.25) is 0 Å². The highest BCUT2D eigenvalue weighted by Gasteiger charge is 2.20. The summed E-state index contributed by atoms with van der Waals surface area (Å²) in [7, 11) is -4.93. The molecule has 0 aliphatic rings. The second-order valence-corrected chi connectivity index (χ2v) is 7.43. The summed E-state index contributed by atoms with van der Waals surface area (Å²) in [6.07, 6.45) is 1.48. The number of anilines is 1. The van der Waals surface area contributed by atoms with E-state index in [1.807, 2.05) is 0 Å². The summed E-state index contributed by atoms with van der Waals surface area (Å²) in [5.41, 5.74) is -0.0311. The number of benzene rings is 1. The van der Waals surface area contributed by atoms with Crippen molar-refractivity contribution in [2.75, 3.05) is 30.4 Å². The minimum Gasteiger partial charge on any atom is -0.384 e. The Morgan fingerprint density at radius 1 is 1.38 bits per heavy atom. The third kappa shape index (κ3) is 5.06. The summed E-state index contributed by atoms with van der Waals surface area (Å²) in [6, 6.07) is 3.49. The molecule has 1 aromatic carbocycles. The summed E-state index contributed by atoms with van der Waals surface area (Å²) in [5, 5.41) is 13.5. The van der Waals surface area contributed by atoms with Crippen LogP contribution < -0.4 is 10.0 Å². The summed E-state index contributed by atoms with van der Waals surface area (Å²) < 4.78 is 37.6. The molecule has 1 atom stereocenters. The van der Waals surface area contributed by atoms with Gasteiger partial charge in [0.15, 0.2) is 0 Å². The van der Waals surface area contributed by atoms with E-state index in [0.717, 1.165) is 6.07 Å². The average Bonchev–Trinajstić information content (AvgIpc) is 2.38. The molecule has 0 bridgehead atoms. The molecule has 21 heavy (non-hydrogen) atoms. The smallest absolute Gasteiger partial charge is 0.271 e. The standard InChI is InChI=1S/C11H17N3O5S2/c1-3-12-10-8-9(14(15)16)4-5-11(10)21(18,19)13-6-7-20(2)17/h4-5,8,12-13H,3,6-7H2,1-2H3. The van der Waals surface area contributed by atoms with Crippen molar-refractivity contribution >= 4 is 32.2 Å². The van der Waals surface area contributed by atoms with Crippen molar-refractivity contribution in [2.24, 2.45) is 0 Å². The van der Waals surface area contributed by atoms with Crippen molar-refractivity contribution < 1.29 is 17.6 Å². The van der Waals surface area contributed by atoms with Gasteiger partial charge in [-0.3, -0.25) is 14.3 Å². The van der Waals surface area contributed by atoms with Crippen LogP contribution in [0, 0.1) is 10.1 Å². The molecule has 0 radical (unpaired) electrons. The van der Waals surface area contributed by atoms with Crippen molar-refractivity contribution in [1.29, 1.82) is 0 Å². The zero-order chi connectivity index (χ0) is 16.0. The number of rotatable bonds is 8. The molecule has 1 rings (SSSR count). The Kier molecular flexibility index (Phi) is 6.24. The minimum atomic E-state index is -3.82. The maximum absolute atomic E-state index is 12.2. The summed E-state index contributed by atoms with van der Waals surface area (Å²) in [6.45, 7) is 2.21. The monoisotopic (exact) mass is 335 g/mol. The van der Waals surface area contributed by atoms with E-state index < -0.39 is 25.7 Å². The molecular formula is C11H17N3O5S2. The highest BCUT2D eigenvalue weighted by Crippen LogP contribution is 2.26. The van der Waals surface area contributed by atoms with E-state index in [2.05, 4.69) is 10.0 Å². The molecule has 1 aromatic rings. The first-order chi connectivity index (χ1) is 9.77. The molecular weight excluding hydrogens is 318 g/mol. The van der Waals surface area contributed by atoms with E-state index in [0.29, 0.717) is 6.54 Å². The van der Waals surface area contributed by atoms with Crippen molar-refractivity contribution in [3.05, 3.63) is 28.3 Å².